The summed E-state index contributed by atoms with van der Waals surface area (Å²) in [7, 11) is 0. The molecular formula is C12H9FO2S. The zero-order valence-electron chi connectivity index (χ0n) is 8.31. The maximum Gasteiger partial charge on any atom is 0.345 e. The first-order valence-corrected chi connectivity index (χ1v) is 5.58. The van der Waals surface area contributed by atoms with Crippen LogP contribution in [-0.2, 0) is 6.42 Å². The molecule has 1 aromatic carbocycles. The first kappa shape index (κ1) is 10.8. The molecule has 2 aromatic rings. The van der Waals surface area contributed by atoms with Crippen LogP contribution in [0.5, 0.6) is 0 Å². The van der Waals surface area contributed by atoms with Gasteiger partial charge in [-0.25, -0.2) is 9.18 Å². The second-order valence-electron chi connectivity index (χ2n) is 3.43. The molecule has 0 unspecified atom stereocenters. The van der Waals surface area contributed by atoms with Crippen molar-refractivity contribution in [2.24, 2.45) is 0 Å². The molecule has 0 atom stereocenters. The number of thiophene rings is 1. The Morgan fingerprint density at radius 2 is 1.94 bits per heavy atom. The third-order valence-corrected chi connectivity index (χ3v) is 3.15. The quantitative estimate of drug-likeness (QED) is 0.888. The standard InChI is InChI=1S/C12H9FO2S/c13-10-3-1-8(2-4-10)5-9-6-11(12(14)15)16-7-9/h1-4,6-7H,5H2,(H,14,15). The zero-order chi connectivity index (χ0) is 11.5. The number of carboxylic acid groups (broad SMARTS) is 1. The predicted octanol–water partition coefficient (Wildman–Crippen LogP) is 3.18. The van der Waals surface area contributed by atoms with Gasteiger partial charge in [-0.15, -0.1) is 11.3 Å². The lowest BCUT2D eigenvalue weighted by Crippen LogP contribution is -1.91. The van der Waals surface area contributed by atoms with Crippen LogP contribution < -0.4 is 0 Å². The summed E-state index contributed by atoms with van der Waals surface area (Å²) in [6, 6.07) is 7.86. The van der Waals surface area contributed by atoms with Crippen LogP contribution in [0.25, 0.3) is 0 Å². The van der Waals surface area contributed by atoms with Crippen molar-refractivity contribution in [1.29, 1.82) is 0 Å². The second kappa shape index (κ2) is 4.45. The van der Waals surface area contributed by atoms with E-state index < -0.39 is 5.97 Å². The van der Waals surface area contributed by atoms with E-state index in [2.05, 4.69) is 0 Å². The van der Waals surface area contributed by atoms with Gasteiger partial charge < -0.3 is 5.11 Å². The molecule has 0 aliphatic carbocycles. The molecule has 0 fully saturated rings. The number of halogens is 1. The average molecular weight is 236 g/mol. The molecule has 1 N–H and O–H groups in total. The minimum atomic E-state index is -0.907. The van der Waals surface area contributed by atoms with Crippen molar-refractivity contribution in [3.8, 4) is 0 Å². The van der Waals surface area contributed by atoms with E-state index in [1.807, 2.05) is 5.38 Å². The number of rotatable bonds is 3. The highest BCUT2D eigenvalue weighted by Gasteiger charge is 2.07. The van der Waals surface area contributed by atoms with Crippen molar-refractivity contribution in [3.63, 3.8) is 0 Å². The van der Waals surface area contributed by atoms with Crippen LogP contribution in [0, 0.1) is 5.82 Å². The molecule has 0 radical (unpaired) electrons. The Kier molecular flexibility index (Phi) is 3.01. The number of aromatic carboxylic acids is 1. The SMILES string of the molecule is O=C(O)c1cc(Cc2ccc(F)cc2)cs1. The summed E-state index contributed by atoms with van der Waals surface area (Å²) in [5.74, 6) is -1.17. The molecule has 16 heavy (non-hydrogen) atoms. The van der Waals surface area contributed by atoms with E-state index in [0.29, 0.717) is 11.3 Å². The lowest BCUT2D eigenvalue weighted by Gasteiger charge is -1.97. The van der Waals surface area contributed by atoms with E-state index >= 15 is 0 Å². The fraction of sp³-hybridized carbons (Fsp3) is 0.0833. The van der Waals surface area contributed by atoms with Crippen molar-refractivity contribution in [3.05, 3.63) is 57.5 Å². The van der Waals surface area contributed by atoms with Crippen LogP contribution in [0.2, 0.25) is 0 Å². The molecule has 0 spiro atoms. The molecule has 1 aromatic heterocycles. The van der Waals surface area contributed by atoms with Crippen LogP contribution in [0.15, 0.2) is 35.7 Å². The van der Waals surface area contributed by atoms with E-state index in [4.69, 9.17) is 5.11 Å². The lowest BCUT2D eigenvalue weighted by molar-refractivity contribution is 0.0702. The second-order valence-corrected chi connectivity index (χ2v) is 4.34. The summed E-state index contributed by atoms with van der Waals surface area (Å²) >= 11 is 1.21. The third kappa shape index (κ3) is 2.46. The topological polar surface area (TPSA) is 37.3 Å². The van der Waals surface area contributed by atoms with Gasteiger partial charge in [0.25, 0.3) is 0 Å². The Morgan fingerprint density at radius 1 is 1.25 bits per heavy atom. The lowest BCUT2D eigenvalue weighted by atomic mass is 10.1. The van der Waals surface area contributed by atoms with Crippen molar-refractivity contribution >= 4 is 17.3 Å². The highest BCUT2D eigenvalue weighted by molar-refractivity contribution is 7.12. The van der Waals surface area contributed by atoms with Gasteiger partial charge in [0.15, 0.2) is 0 Å². The number of hydrogen-bond donors (Lipinski definition) is 1. The van der Waals surface area contributed by atoms with Crippen molar-refractivity contribution in [2.75, 3.05) is 0 Å². The summed E-state index contributed by atoms with van der Waals surface area (Å²) in [5, 5.41) is 10.6. The number of hydrogen-bond acceptors (Lipinski definition) is 2. The van der Waals surface area contributed by atoms with E-state index in [9.17, 15) is 9.18 Å². The van der Waals surface area contributed by atoms with Gasteiger partial charge in [-0.05, 0) is 41.1 Å². The van der Waals surface area contributed by atoms with Crippen molar-refractivity contribution in [2.45, 2.75) is 6.42 Å². The molecule has 0 saturated heterocycles. The van der Waals surface area contributed by atoms with E-state index in [-0.39, 0.29) is 5.82 Å². The van der Waals surface area contributed by atoms with Crippen LogP contribution in [0.1, 0.15) is 20.8 Å². The first-order valence-electron chi connectivity index (χ1n) is 4.70. The van der Waals surface area contributed by atoms with Gasteiger partial charge in [0.1, 0.15) is 10.7 Å². The normalized spacial score (nSPS) is 10.3. The molecule has 0 bridgehead atoms. The maximum absolute atomic E-state index is 12.7. The molecule has 0 amide bonds. The van der Waals surface area contributed by atoms with Gasteiger partial charge in [-0.2, -0.15) is 0 Å². The minimum absolute atomic E-state index is 0.264. The fourth-order valence-corrected chi connectivity index (χ4v) is 2.17. The average Bonchev–Trinajstić information content (AvgIpc) is 2.70. The molecule has 2 rings (SSSR count). The van der Waals surface area contributed by atoms with Gasteiger partial charge in [0, 0.05) is 0 Å². The highest BCUT2D eigenvalue weighted by atomic mass is 32.1. The maximum atomic E-state index is 12.7. The van der Waals surface area contributed by atoms with E-state index in [1.165, 1.54) is 23.5 Å². The van der Waals surface area contributed by atoms with Gasteiger partial charge in [-0.1, -0.05) is 12.1 Å². The number of carbonyl (C=O) groups is 1. The van der Waals surface area contributed by atoms with Crippen LogP contribution in [-0.4, -0.2) is 11.1 Å². The zero-order valence-corrected chi connectivity index (χ0v) is 9.13. The van der Waals surface area contributed by atoms with Gasteiger partial charge in [0.05, 0.1) is 0 Å². The smallest absolute Gasteiger partial charge is 0.345 e. The molecule has 82 valence electrons. The van der Waals surface area contributed by atoms with Crippen molar-refractivity contribution < 1.29 is 14.3 Å². The molecule has 4 heteroatoms. The van der Waals surface area contributed by atoms with Gasteiger partial charge in [-0.3, -0.25) is 0 Å². The first-order chi connectivity index (χ1) is 7.65. The summed E-state index contributed by atoms with van der Waals surface area (Å²) in [6.07, 6.45) is 0.629. The summed E-state index contributed by atoms with van der Waals surface area (Å²) < 4.78 is 12.7. The highest BCUT2D eigenvalue weighted by Crippen LogP contribution is 2.18. The Bertz CT molecular complexity index is 502. The number of benzene rings is 1. The van der Waals surface area contributed by atoms with Crippen LogP contribution >= 0.6 is 11.3 Å². The predicted molar refractivity (Wildman–Crippen MR) is 60.5 cm³/mol. The molecule has 2 nitrogen and oxygen atoms in total. The van der Waals surface area contributed by atoms with E-state index in [1.54, 1.807) is 18.2 Å². The van der Waals surface area contributed by atoms with Crippen molar-refractivity contribution in [1.82, 2.24) is 0 Å². The molecule has 1 heterocycles. The van der Waals surface area contributed by atoms with Crippen LogP contribution in [0.4, 0.5) is 4.39 Å². The van der Waals surface area contributed by atoms with Gasteiger partial charge in [0.2, 0.25) is 0 Å². The Hall–Kier alpha value is -1.68. The molecule has 0 saturated carbocycles. The largest absolute Gasteiger partial charge is 0.477 e. The number of carboxylic acids is 1. The monoisotopic (exact) mass is 236 g/mol. The summed E-state index contributed by atoms with van der Waals surface area (Å²) in [5.41, 5.74) is 1.91. The molecule has 0 aliphatic rings. The van der Waals surface area contributed by atoms with Gasteiger partial charge >= 0.3 is 5.97 Å². The Balaban J connectivity index is 2.14. The Morgan fingerprint density at radius 3 is 2.50 bits per heavy atom. The molecule has 0 aliphatic heterocycles. The fourth-order valence-electron chi connectivity index (χ4n) is 1.42. The summed E-state index contributed by atoms with van der Waals surface area (Å²) in [4.78, 5) is 11.0. The Labute approximate surface area is 96.0 Å². The van der Waals surface area contributed by atoms with E-state index in [0.717, 1.165) is 11.1 Å². The summed E-state index contributed by atoms with van der Waals surface area (Å²) in [6.45, 7) is 0. The third-order valence-electron chi connectivity index (χ3n) is 2.19. The molecular weight excluding hydrogens is 227 g/mol. The van der Waals surface area contributed by atoms with Crippen LogP contribution in [0.3, 0.4) is 0 Å². The minimum Gasteiger partial charge on any atom is -0.477 e.